The second-order valence-corrected chi connectivity index (χ2v) is 5.15. The minimum Gasteiger partial charge on any atom is -0.480 e. The van der Waals surface area contributed by atoms with Gasteiger partial charge in [-0.05, 0) is 19.1 Å². The zero-order valence-electron chi connectivity index (χ0n) is 9.84. The average Bonchev–Trinajstić information content (AvgIpc) is 2.77. The van der Waals surface area contributed by atoms with Crippen LogP contribution in [0.3, 0.4) is 0 Å². The summed E-state index contributed by atoms with van der Waals surface area (Å²) in [6, 6.07) is 3.17. The normalized spacial score (nSPS) is 11.2. The molecule has 7 nitrogen and oxygen atoms in total. The fraction of sp³-hybridized carbons (Fsp3) is 0.200. The number of nitrogens with one attached hydrogen (secondary N) is 2. The molecular formula is C10H12N4O3S. The number of ether oxygens (including phenoxy) is 1. The molecule has 0 spiro atoms. The van der Waals surface area contributed by atoms with E-state index in [1.165, 1.54) is 19.5 Å². The van der Waals surface area contributed by atoms with Crippen LogP contribution in [0.4, 0.5) is 5.69 Å². The molecule has 0 amide bonds. The summed E-state index contributed by atoms with van der Waals surface area (Å²) in [4.78, 5) is 10.4. The standard InChI is InChI=1S/C10H12N4O3S/c1-7-12-6-9(13-7)18(15,16)14-8-4-3-5-11-10(8)17-2/h3-6,14H,1-2H3,(H,12,13). The van der Waals surface area contributed by atoms with Gasteiger partial charge in [-0.2, -0.15) is 8.42 Å². The summed E-state index contributed by atoms with van der Waals surface area (Å²) in [5, 5.41) is -0.00842. The number of methoxy groups -OCH3 is 1. The van der Waals surface area contributed by atoms with Gasteiger partial charge in [0.05, 0.1) is 13.3 Å². The third kappa shape index (κ3) is 2.43. The Morgan fingerprint density at radius 3 is 2.78 bits per heavy atom. The predicted octanol–water partition coefficient (Wildman–Crippen LogP) is 0.923. The molecule has 0 unspecified atom stereocenters. The van der Waals surface area contributed by atoms with Gasteiger partial charge in [0.15, 0.2) is 5.03 Å². The highest BCUT2D eigenvalue weighted by atomic mass is 32.2. The molecule has 0 aliphatic heterocycles. The Bertz CT molecular complexity index is 651. The lowest BCUT2D eigenvalue weighted by Gasteiger charge is -2.09. The first-order valence-electron chi connectivity index (χ1n) is 5.06. The van der Waals surface area contributed by atoms with E-state index in [9.17, 15) is 8.42 Å². The van der Waals surface area contributed by atoms with Gasteiger partial charge in [-0.1, -0.05) is 0 Å². The number of nitrogens with zero attached hydrogens (tertiary/aromatic N) is 2. The maximum absolute atomic E-state index is 12.0. The first-order valence-corrected chi connectivity index (χ1v) is 6.54. The number of hydrogen-bond acceptors (Lipinski definition) is 5. The Balaban J connectivity index is 2.33. The largest absolute Gasteiger partial charge is 0.480 e. The van der Waals surface area contributed by atoms with Crippen LogP contribution in [-0.4, -0.2) is 30.5 Å². The van der Waals surface area contributed by atoms with Crippen LogP contribution in [0.25, 0.3) is 0 Å². The van der Waals surface area contributed by atoms with E-state index in [0.29, 0.717) is 5.82 Å². The molecule has 0 aliphatic rings. The van der Waals surface area contributed by atoms with Crippen LogP contribution in [0.5, 0.6) is 5.88 Å². The van der Waals surface area contributed by atoms with E-state index in [1.54, 1.807) is 19.1 Å². The fourth-order valence-electron chi connectivity index (χ4n) is 1.37. The Labute approximate surface area is 104 Å². The van der Waals surface area contributed by atoms with E-state index in [1.807, 2.05) is 0 Å². The Kier molecular flexibility index (Phi) is 3.19. The SMILES string of the molecule is COc1ncccc1NS(=O)(=O)c1cnc(C)[nH]1. The summed E-state index contributed by atoms with van der Waals surface area (Å²) < 4.78 is 31.4. The van der Waals surface area contributed by atoms with Crippen LogP contribution in [-0.2, 0) is 10.0 Å². The first kappa shape index (κ1) is 12.4. The lowest BCUT2D eigenvalue weighted by molar-refractivity contribution is 0.400. The molecule has 2 heterocycles. The number of rotatable bonds is 4. The fourth-order valence-corrected chi connectivity index (χ4v) is 2.39. The summed E-state index contributed by atoms with van der Waals surface area (Å²) >= 11 is 0. The molecule has 2 aromatic rings. The zero-order valence-corrected chi connectivity index (χ0v) is 10.7. The van der Waals surface area contributed by atoms with Crippen molar-refractivity contribution in [2.75, 3.05) is 11.8 Å². The summed E-state index contributed by atoms with van der Waals surface area (Å²) in [6.45, 7) is 1.67. The molecule has 96 valence electrons. The van der Waals surface area contributed by atoms with E-state index in [0.717, 1.165) is 0 Å². The van der Waals surface area contributed by atoms with Crippen LogP contribution in [0, 0.1) is 6.92 Å². The Morgan fingerprint density at radius 2 is 2.17 bits per heavy atom. The molecule has 0 bridgehead atoms. The van der Waals surface area contributed by atoms with Crippen LogP contribution in [0.2, 0.25) is 0 Å². The maximum Gasteiger partial charge on any atom is 0.279 e. The monoisotopic (exact) mass is 268 g/mol. The number of hydrogen-bond donors (Lipinski definition) is 2. The molecule has 0 aromatic carbocycles. The number of sulfonamides is 1. The molecule has 0 saturated heterocycles. The van der Waals surface area contributed by atoms with Crippen molar-refractivity contribution in [3.63, 3.8) is 0 Å². The van der Waals surface area contributed by atoms with Crippen molar-refractivity contribution in [2.45, 2.75) is 11.9 Å². The second-order valence-electron chi connectivity index (χ2n) is 3.50. The minimum atomic E-state index is -3.71. The van der Waals surface area contributed by atoms with Gasteiger partial charge in [0.25, 0.3) is 10.0 Å². The van der Waals surface area contributed by atoms with Gasteiger partial charge in [-0.3, -0.25) is 4.72 Å². The highest BCUT2D eigenvalue weighted by Crippen LogP contribution is 2.22. The van der Waals surface area contributed by atoms with Gasteiger partial charge >= 0.3 is 0 Å². The van der Waals surface area contributed by atoms with Gasteiger partial charge < -0.3 is 9.72 Å². The molecule has 0 saturated carbocycles. The van der Waals surface area contributed by atoms with E-state index in [2.05, 4.69) is 19.7 Å². The number of aromatic amines is 1. The summed E-state index contributed by atoms with van der Waals surface area (Å²) in [7, 11) is -2.30. The van der Waals surface area contributed by atoms with E-state index in [-0.39, 0.29) is 16.6 Å². The van der Waals surface area contributed by atoms with Crippen molar-refractivity contribution in [1.29, 1.82) is 0 Å². The third-order valence-corrected chi connectivity index (χ3v) is 3.45. The quantitative estimate of drug-likeness (QED) is 0.859. The maximum atomic E-state index is 12.0. The zero-order chi connectivity index (χ0) is 13.2. The molecule has 0 aliphatic carbocycles. The Morgan fingerprint density at radius 1 is 1.39 bits per heavy atom. The molecule has 0 atom stereocenters. The van der Waals surface area contributed by atoms with Crippen molar-refractivity contribution in [3.8, 4) is 5.88 Å². The Hall–Kier alpha value is -2.09. The van der Waals surface area contributed by atoms with Crippen LogP contribution in [0.1, 0.15) is 5.82 Å². The summed E-state index contributed by atoms with van der Waals surface area (Å²) in [5.41, 5.74) is 0.271. The van der Waals surface area contributed by atoms with E-state index >= 15 is 0 Å². The van der Waals surface area contributed by atoms with Crippen molar-refractivity contribution in [3.05, 3.63) is 30.4 Å². The van der Waals surface area contributed by atoms with Gasteiger partial charge in [0.2, 0.25) is 5.88 Å². The van der Waals surface area contributed by atoms with Crippen molar-refractivity contribution in [2.24, 2.45) is 0 Å². The predicted molar refractivity (Wildman–Crippen MR) is 64.9 cm³/mol. The molecular weight excluding hydrogens is 256 g/mol. The molecule has 0 radical (unpaired) electrons. The number of aryl methyl sites for hydroxylation is 1. The highest BCUT2D eigenvalue weighted by molar-refractivity contribution is 7.92. The van der Waals surface area contributed by atoms with Gasteiger partial charge in [0.1, 0.15) is 11.5 Å². The van der Waals surface area contributed by atoms with Crippen molar-refractivity contribution < 1.29 is 13.2 Å². The highest BCUT2D eigenvalue weighted by Gasteiger charge is 2.18. The van der Waals surface area contributed by atoms with E-state index in [4.69, 9.17) is 4.74 Å². The number of aromatic nitrogens is 3. The van der Waals surface area contributed by atoms with Gasteiger partial charge in [-0.25, -0.2) is 9.97 Å². The number of imidazole rings is 1. The van der Waals surface area contributed by atoms with Crippen molar-refractivity contribution >= 4 is 15.7 Å². The lowest BCUT2D eigenvalue weighted by Crippen LogP contribution is -2.14. The van der Waals surface area contributed by atoms with Crippen LogP contribution >= 0.6 is 0 Å². The van der Waals surface area contributed by atoms with E-state index < -0.39 is 10.0 Å². The summed E-state index contributed by atoms with van der Waals surface area (Å²) in [6.07, 6.45) is 2.76. The third-order valence-electron chi connectivity index (χ3n) is 2.18. The molecule has 2 aromatic heterocycles. The lowest BCUT2D eigenvalue weighted by atomic mass is 10.4. The number of anilines is 1. The number of pyridine rings is 1. The van der Waals surface area contributed by atoms with Gasteiger partial charge in [0, 0.05) is 6.20 Å². The van der Waals surface area contributed by atoms with Crippen LogP contribution < -0.4 is 9.46 Å². The topological polar surface area (TPSA) is 97.0 Å². The first-order chi connectivity index (χ1) is 8.53. The molecule has 18 heavy (non-hydrogen) atoms. The molecule has 8 heteroatoms. The second kappa shape index (κ2) is 4.65. The smallest absolute Gasteiger partial charge is 0.279 e. The molecule has 2 rings (SSSR count). The van der Waals surface area contributed by atoms with Crippen LogP contribution in [0.15, 0.2) is 29.6 Å². The molecule has 2 N–H and O–H groups in total. The van der Waals surface area contributed by atoms with Crippen molar-refractivity contribution in [1.82, 2.24) is 15.0 Å². The number of H-pyrrole nitrogens is 1. The minimum absolute atomic E-state index is 0.00842. The molecule has 0 fully saturated rings. The average molecular weight is 268 g/mol. The van der Waals surface area contributed by atoms with Gasteiger partial charge in [-0.15, -0.1) is 0 Å². The summed E-state index contributed by atoms with van der Waals surface area (Å²) in [5.74, 6) is 0.728.